The Kier molecular flexibility index (Phi) is 4.99. The van der Waals surface area contributed by atoms with Crippen LogP contribution in [0.1, 0.15) is 6.92 Å². The van der Waals surface area contributed by atoms with Crippen LogP contribution in [0.15, 0.2) is 41.3 Å². The van der Waals surface area contributed by atoms with Gasteiger partial charge in [-0.25, -0.2) is 0 Å². The number of benzene rings is 1. The first-order chi connectivity index (χ1) is 10.1. The van der Waals surface area contributed by atoms with Crippen molar-refractivity contribution < 1.29 is 9.66 Å². The second kappa shape index (κ2) is 6.94. The van der Waals surface area contributed by atoms with E-state index in [-0.39, 0.29) is 11.6 Å². The number of hydrogen-bond donors (Lipinski definition) is 1. The van der Waals surface area contributed by atoms with Crippen LogP contribution in [0, 0.1) is 10.1 Å². The van der Waals surface area contributed by atoms with Crippen molar-refractivity contribution in [3.05, 3.63) is 46.5 Å². The van der Waals surface area contributed by atoms with Gasteiger partial charge in [0.1, 0.15) is 11.6 Å². The second-order valence-corrected chi connectivity index (χ2v) is 4.97. The summed E-state index contributed by atoms with van der Waals surface area (Å²) >= 11 is 1.61. The maximum Gasteiger partial charge on any atom is 0.331 e. The Balaban J connectivity index is 2.30. The van der Waals surface area contributed by atoms with E-state index in [0.29, 0.717) is 18.1 Å². The predicted octanol–water partition coefficient (Wildman–Crippen LogP) is 3.94. The van der Waals surface area contributed by atoms with Crippen LogP contribution in [0.4, 0.5) is 11.5 Å². The van der Waals surface area contributed by atoms with Gasteiger partial charge in [0, 0.05) is 17.5 Å². The molecule has 0 amide bonds. The van der Waals surface area contributed by atoms with Crippen LogP contribution in [0.25, 0.3) is 0 Å². The lowest BCUT2D eigenvalue weighted by Gasteiger charge is -2.08. The standard InChI is InChI=1S/C14H15N3O3S/c1-3-15-13-9-8-12(17(18)19)14(16-13)20-10-4-6-11(21-2)7-5-10/h4-9H,3H2,1-2H3,(H,15,16). The topological polar surface area (TPSA) is 77.3 Å². The van der Waals surface area contributed by atoms with Crippen molar-refractivity contribution in [3.63, 3.8) is 0 Å². The van der Waals surface area contributed by atoms with Crippen molar-refractivity contribution >= 4 is 23.3 Å². The molecule has 0 spiro atoms. The number of nitrogens with zero attached hydrogens (tertiary/aromatic N) is 2. The molecule has 0 aliphatic carbocycles. The molecule has 2 aromatic rings. The Morgan fingerprint density at radius 2 is 2.00 bits per heavy atom. The molecule has 7 heteroatoms. The maximum atomic E-state index is 11.0. The highest BCUT2D eigenvalue weighted by Gasteiger charge is 2.18. The monoisotopic (exact) mass is 305 g/mol. The molecule has 1 aromatic heterocycles. The van der Waals surface area contributed by atoms with Gasteiger partial charge >= 0.3 is 11.6 Å². The number of pyridine rings is 1. The summed E-state index contributed by atoms with van der Waals surface area (Å²) in [6, 6.07) is 10.2. The average molecular weight is 305 g/mol. The minimum Gasteiger partial charge on any atom is -0.434 e. The number of rotatable bonds is 6. The fourth-order valence-corrected chi connectivity index (χ4v) is 2.09. The van der Waals surface area contributed by atoms with Crippen molar-refractivity contribution in [2.24, 2.45) is 0 Å². The lowest BCUT2D eigenvalue weighted by Crippen LogP contribution is -2.02. The van der Waals surface area contributed by atoms with Gasteiger partial charge in [0.15, 0.2) is 0 Å². The van der Waals surface area contributed by atoms with Crippen LogP contribution in [0.2, 0.25) is 0 Å². The van der Waals surface area contributed by atoms with Gasteiger partial charge in [-0.2, -0.15) is 4.98 Å². The third-order valence-corrected chi connectivity index (χ3v) is 3.41. The Bertz CT molecular complexity index is 632. The van der Waals surface area contributed by atoms with Crippen molar-refractivity contribution in [1.29, 1.82) is 0 Å². The zero-order chi connectivity index (χ0) is 15.2. The normalized spacial score (nSPS) is 10.2. The summed E-state index contributed by atoms with van der Waals surface area (Å²) in [7, 11) is 0. The molecule has 0 saturated heterocycles. The lowest BCUT2D eigenvalue weighted by molar-refractivity contribution is -0.386. The van der Waals surface area contributed by atoms with E-state index in [0.717, 1.165) is 4.90 Å². The van der Waals surface area contributed by atoms with Gasteiger partial charge in [-0.15, -0.1) is 11.8 Å². The molecule has 0 unspecified atom stereocenters. The van der Waals surface area contributed by atoms with Crippen LogP contribution in [-0.2, 0) is 0 Å². The number of ether oxygens (including phenoxy) is 1. The zero-order valence-corrected chi connectivity index (χ0v) is 12.5. The molecule has 0 radical (unpaired) electrons. The number of anilines is 1. The fourth-order valence-electron chi connectivity index (χ4n) is 1.68. The average Bonchev–Trinajstić information content (AvgIpc) is 2.48. The Morgan fingerprint density at radius 1 is 1.29 bits per heavy atom. The summed E-state index contributed by atoms with van der Waals surface area (Å²) in [5.74, 6) is 1.03. The SMILES string of the molecule is CCNc1ccc([N+](=O)[O-])c(Oc2ccc(SC)cc2)n1. The number of thioether (sulfide) groups is 1. The van der Waals surface area contributed by atoms with Gasteiger partial charge in [0.05, 0.1) is 4.92 Å². The minimum absolute atomic E-state index is 0.0182. The first kappa shape index (κ1) is 15.1. The van der Waals surface area contributed by atoms with Gasteiger partial charge in [-0.05, 0) is 43.5 Å². The second-order valence-electron chi connectivity index (χ2n) is 4.09. The summed E-state index contributed by atoms with van der Waals surface area (Å²) in [5, 5.41) is 14.0. The van der Waals surface area contributed by atoms with Gasteiger partial charge in [-0.1, -0.05) is 0 Å². The third-order valence-electron chi connectivity index (χ3n) is 2.67. The van der Waals surface area contributed by atoms with Crippen molar-refractivity contribution in [3.8, 4) is 11.6 Å². The van der Waals surface area contributed by atoms with E-state index in [4.69, 9.17) is 4.74 Å². The highest BCUT2D eigenvalue weighted by atomic mass is 32.2. The van der Waals surface area contributed by atoms with Gasteiger partial charge < -0.3 is 10.1 Å². The highest BCUT2D eigenvalue weighted by Crippen LogP contribution is 2.31. The van der Waals surface area contributed by atoms with E-state index in [1.54, 1.807) is 30.0 Å². The minimum atomic E-state index is -0.506. The van der Waals surface area contributed by atoms with Crippen LogP contribution in [-0.4, -0.2) is 22.7 Å². The maximum absolute atomic E-state index is 11.0. The molecule has 0 saturated carbocycles. The molecule has 110 valence electrons. The van der Waals surface area contributed by atoms with Crippen LogP contribution >= 0.6 is 11.8 Å². The lowest BCUT2D eigenvalue weighted by atomic mass is 10.3. The summed E-state index contributed by atoms with van der Waals surface area (Å²) in [4.78, 5) is 15.8. The van der Waals surface area contributed by atoms with E-state index in [2.05, 4.69) is 10.3 Å². The molecule has 6 nitrogen and oxygen atoms in total. The van der Waals surface area contributed by atoms with E-state index in [1.807, 2.05) is 25.3 Å². The van der Waals surface area contributed by atoms with E-state index >= 15 is 0 Å². The number of nitrogens with one attached hydrogen (secondary N) is 1. The first-order valence-corrected chi connectivity index (χ1v) is 7.57. The van der Waals surface area contributed by atoms with Crippen LogP contribution in [0.3, 0.4) is 0 Å². The summed E-state index contributed by atoms with van der Waals surface area (Å²) < 4.78 is 5.56. The van der Waals surface area contributed by atoms with Crippen molar-refractivity contribution in [1.82, 2.24) is 4.98 Å². The Morgan fingerprint density at radius 3 is 2.57 bits per heavy atom. The molecule has 2 rings (SSSR count). The molecule has 1 N–H and O–H groups in total. The van der Waals surface area contributed by atoms with Crippen molar-refractivity contribution in [2.45, 2.75) is 11.8 Å². The predicted molar refractivity (Wildman–Crippen MR) is 83.4 cm³/mol. The Labute approximate surface area is 126 Å². The van der Waals surface area contributed by atoms with Crippen LogP contribution in [0.5, 0.6) is 11.6 Å². The molecule has 21 heavy (non-hydrogen) atoms. The van der Waals surface area contributed by atoms with Gasteiger partial charge in [-0.3, -0.25) is 10.1 Å². The third kappa shape index (κ3) is 3.85. The molecule has 0 aliphatic heterocycles. The largest absolute Gasteiger partial charge is 0.434 e. The fraction of sp³-hybridized carbons (Fsp3) is 0.214. The number of aromatic nitrogens is 1. The molecule has 1 heterocycles. The molecule has 0 fully saturated rings. The highest BCUT2D eigenvalue weighted by molar-refractivity contribution is 7.98. The van der Waals surface area contributed by atoms with Crippen LogP contribution < -0.4 is 10.1 Å². The van der Waals surface area contributed by atoms with Crippen molar-refractivity contribution in [2.75, 3.05) is 18.1 Å². The quantitative estimate of drug-likeness (QED) is 0.495. The molecule has 1 aromatic carbocycles. The molecular weight excluding hydrogens is 290 g/mol. The van der Waals surface area contributed by atoms with E-state index in [1.165, 1.54) is 6.07 Å². The molecular formula is C14H15N3O3S. The zero-order valence-electron chi connectivity index (χ0n) is 11.7. The molecule has 0 aliphatic rings. The first-order valence-electron chi connectivity index (χ1n) is 6.35. The summed E-state index contributed by atoms with van der Waals surface area (Å²) in [6.07, 6.45) is 1.97. The molecule has 0 atom stereocenters. The number of nitro groups is 1. The summed E-state index contributed by atoms with van der Waals surface area (Å²) in [6.45, 7) is 2.59. The molecule has 0 bridgehead atoms. The Hall–Kier alpha value is -2.28. The summed E-state index contributed by atoms with van der Waals surface area (Å²) in [5.41, 5.74) is -0.161. The smallest absolute Gasteiger partial charge is 0.331 e. The van der Waals surface area contributed by atoms with Gasteiger partial charge in [0.25, 0.3) is 0 Å². The van der Waals surface area contributed by atoms with Gasteiger partial charge in [0.2, 0.25) is 0 Å². The van der Waals surface area contributed by atoms with E-state index in [9.17, 15) is 10.1 Å². The van der Waals surface area contributed by atoms with E-state index < -0.39 is 4.92 Å². The number of hydrogen-bond acceptors (Lipinski definition) is 6.